The summed E-state index contributed by atoms with van der Waals surface area (Å²) in [5.41, 5.74) is 26.2. The van der Waals surface area contributed by atoms with Crippen LogP contribution < -0.4 is 26.2 Å². The lowest BCUT2D eigenvalue weighted by Gasteiger charge is -2.46. The Morgan fingerprint density at radius 2 is 0.769 bits per heavy atom. The summed E-state index contributed by atoms with van der Waals surface area (Å²) in [6, 6.07) is 102. The molecule has 4 heterocycles. The molecule has 0 amide bonds. The second kappa shape index (κ2) is 20.9. The predicted octanol–water partition coefficient (Wildman–Crippen LogP) is 21.3. The lowest BCUT2D eigenvalue weighted by atomic mass is 9.33. The first-order valence-corrected chi connectivity index (χ1v) is 30.9. The van der Waals surface area contributed by atoms with Gasteiger partial charge in [-0.3, -0.25) is 0 Å². The Kier molecular flexibility index (Phi) is 12.2. The Morgan fingerprint density at radius 1 is 0.385 bits per heavy atom. The van der Waals surface area contributed by atoms with Gasteiger partial charge in [0.05, 0.1) is 29.6 Å². The molecular weight excluding hydrogens is 1110 g/mol. The van der Waals surface area contributed by atoms with Crippen molar-refractivity contribution in [1.29, 1.82) is 5.26 Å². The van der Waals surface area contributed by atoms with E-state index in [1.807, 2.05) is 12.1 Å². The fraction of sp³-hybridized carbons (Fsp3) is 0.0476. The average Bonchev–Trinajstić information content (AvgIpc) is 0.924. The minimum atomic E-state index is -0.372. The monoisotopic (exact) mass is 1160 g/mol. The van der Waals surface area contributed by atoms with Crippen LogP contribution in [0.5, 0.6) is 0 Å². The molecule has 0 spiro atoms. The largest absolute Gasteiger partial charge is 0.455 e. The van der Waals surface area contributed by atoms with Gasteiger partial charge in [0.2, 0.25) is 0 Å². The fourth-order valence-corrected chi connectivity index (χ4v) is 14.4. The zero-order valence-electron chi connectivity index (χ0n) is 50.2. The van der Waals surface area contributed by atoms with Crippen molar-refractivity contribution in [3.05, 3.63) is 302 Å². The third-order valence-electron chi connectivity index (χ3n) is 18.6. The fourth-order valence-electron chi connectivity index (χ4n) is 14.4. The molecule has 6 nitrogen and oxygen atoms in total. The van der Waals surface area contributed by atoms with Crippen LogP contribution in [-0.2, 0) is 5.41 Å². The van der Waals surface area contributed by atoms with Crippen LogP contribution in [-0.4, -0.2) is 6.71 Å². The maximum atomic E-state index is 11.1. The number of fused-ring (bicyclic) bond motifs is 10. The Hall–Kier alpha value is -11.9. The standard InChI is InChI=1S/C84H55BN4O2/c1-84(2,3)59-47-75-79-76(48-59)89(81-69(55-27-13-7-14-28-55)49-60(87-4)50-70(81)56-29-15-8-16-30-56)74-42-40-58(62-34-22-36-66-64-32-18-20-38-78(64)91-83(62)66)46-72(74)85(79)71-45-57(61-33-21-35-65-63-31-17-19-37-77(63)90-82(61)65)39-41-73(71)88(75)80-67(53-23-9-5-10-24-53)43-52(51-86)44-68(80)54-25-11-6-12-26-54/h5-50H,1-3H3. The highest BCUT2D eigenvalue weighted by molar-refractivity contribution is 7.00. The van der Waals surface area contributed by atoms with E-state index in [4.69, 9.17) is 15.4 Å². The van der Waals surface area contributed by atoms with Crippen molar-refractivity contribution in [3.63, 3.8) is 0 Å². The van der Waals surface area contributed by atoms with Crippen LogP contribution in [0.2, 0.25) is 0 Å². The molecule has 91 heavy (non-hydrogen) atoms. The van der Waals surface area contributed by atoms with Crippen molar-refractivity contribution < 1.29 is 8.83 Å². The highest BCUT2D eigenvalue weighted by Gasteiger charge is 2.46. The summed E-state index contributed by atoms with van der Waals surface area (Å²) in [6.45, 7) is 15.2. The first-order valence-electron chi connectivity index (χ1n) is 30.9. The van der Waals surface area contributed by atoms with Crippen molar-refractivity contribution in [3.8, 4) is 72.8 Å². The molecule has 13 aromatic carbocycles. The van der Waals surface area contributed by atoms with Crippen molar-refractivity contribution >= 4 is 107 Å². The number of rotatable bonds is 8. The molecule has 0 unspecified atom stereocenters. The summed E-state index contributed by atoms with van der Waals surface area (Å²) in [4.78, 5) is 9.25. The normalized spacial score (nSPS) is 12.5. The van der Waals surface area contributed by atoms with Gasteiger partial charge in [0.25, 0.3) is 6.71 Å². The van der Waals surface area contributed by atoms with Gasteiger partial charge >= 0.3 is 0 Å². The maximum Gasteiger partial charge on any atom is 0.252 e. The molecule has 2 aliphatic heterocycles. The molecule has 17 rings (SSSR count). The molecule has 426 valence electrons. The summed E-state index contributed by atoms with van der Waals surface area (Å²) in [7, 11) is 0. The molecule has 0 bridgehead atoms. The van der Waals surface area contributed by atoms with E-state index in [1.165, 1.54) is 0 Å². The number of nitriles is 1. The third-order valence-corrected chi connectivity index (χ3v) is 18.6. The Morgan fingerprint density at radius 3 is 1.16 bits per heavy atom. The molecule has 0 fully saturated rings. The summed E-state index contributed by atoms with van der Waals surface area (Å²) in [6.07, 6.45) is 0. The van der Waals surface area contributed by atoms with Crippen molar-refractivity contribution in [2.75, 3.05) is 9.80 Å². The lowest BCUT2D eigenvalue weighted by Crippen LogP contribution is -2.61. The highest BCUT2D eigenvalue weighted by atomic mass is 16.3. The predicted molar refractivity (Wildman–Crippen MR) is 377 cm³/mol. The van der Waals surface area contributed by atoms with Gasteiger partial charge in [-0.2, -0.15) is 5.26 Å². The minimum absolute atomic E-state index is 0.364. The highest BCUT2D eigenvalue weighted by Crippen LogP contribution is 2.55. The summed E-state index contributed by atoms with van der Waals surface area (Å²) < 4.78 is 13.8. The smallest absolute Gasteiger partial charge is 0.252 e. The van der Waals surface area contributed by atoms with Crippen molar-refractivity contribution in [2.45, 2.75) is 26.2 Å². The Bertz CT molecular complexity index is 5100. The SMILES string of the molecule is [C-]#[N+]c1cc(-c2ccccc2)c(N2c3ccc(-c4cccc5c4oc4ccccc45)cc3B3c4cc(-c5cccc6c5oc5ccccc56)ccc4N(c4c(-c5ccccc5)cc(C#N)cc4-c4ccccc4)c4cc(C(C)(C)C)cc2c43)c(-c2ccccc2)c1. The molecule has 0 N–H and O–H groups in total. The van der Waals surface area contributed by atoms with Crippen molar-refractivity contribution in [1.82, 2.24) is 0 Å². The molecule has 0 saturated heterocycles. The van der Waals surface area contributed by atoms with Gasteiger partial charge < -0.3 is 18.6 Å². The molecule has 15 aromatic rings. The molecule has 0 atom stereocenters. The second-order valence-electron chi connectivity index (χ2n) is 24.9. The molecule has 2 aliphatic rings. The topological polar surface area (TPSA) is 60.9 Å². The van der Waals surface area contributed by atoms with Gasteiger partial charge in [-0.25, -0.2) is 4.85 Å². The zero-order valence-corrected chi connectivity index (χ0v) is 50.2. The maximum absolute atomic E-state index is 11.1. The number of para-hydroxylation sites is 4. The van der Waals surface area contributed by atoms with Crippen LogP contribution in [0.25, 0.3) is 115 Å². The first-order chi connectivity index (χ1) is 44.7. The van der Waals surface area contributed by atoms with E-state index in [0.717, 1.165) is 167 Å². The van der Waals surface area contributed by atoms with Gasteiger partial charge in [-0.05, 0) is 133 Å². The lowest BCUT2D eigenvalue weighted by molar-refractivity contribution is 0.590. The second-order valence-corrected chi connectivity index (χ2v) is 24.9. The number of furan rings is 2. The molecule has 0 saturated carbocycles. The van der Waals surface area contributed by atoms with Crippen LogP contribution in [0.4, 0.5) is 39.8 Å². The van der Waals surface area contributed by atoms with E-state index in [9.17, 15) is 5.26 Å². The number of anilines is 6. The zero-order chi connectivity index (χ0) is 61.1. The first kappa shape index (κ1) is 53.4. The van der Waals surface area contributed by atoms with Crippen molar-refractivity contribution in [2.24, 2.45) is 0 Å². The summed E-state index contributed by atoms with van der Waals surface area (Å²) in [5, 5.41) is 15.3. The van der Waals surface area contributed by atoms with E-state index in [-0.39, 0.29) is 12.1 Å². The van der Waals surface area contributed by atoms with Gasteiger partial charge in [0, 0.05) is 66.5 Å². The van der Waals surface area contributed by atoms with E-state index < -0.39 is 0 Å². The quantitative estimate of drug-likeness (QED) is 0.112. The van der Waals surface area contributed by atoms with Gasteiger partial charge in [0.1, 0.15) is 22.3 Å². The average molecular weight is 1160 g/mol. The minimum Gasteiger partial charge on any atom is -0.455 e. The van der Waals surface area contributed by atoms with Crippen LogP contribution >= 0.6 is 0 Å². The molecular formula is C84H55BN4O2. The van der Waals surface area contributed by atoms with Crippen LogP contribution in [0.1, 0.15) is 31.9 Å². The van der Waals surface area contributed by atoms with Crippen LogP contribution in [0, 0.1) is 17.9 Å². The van der Waals surface area contributed by atoms with Crippen LogP contribution in [0.15, 0.2) is 288 Å². The van der Waals surface area contributed by atoms with E-state index in [2.05, 4.69) is 308 Å². The third kappa shape index (κ3) is 8.54. The van der Waals surface area contributed by atoms with Gasteiger partial charge in [0.15, 0.2) is 5.69 Å². The summed E-state index contributed by atoms with van der Waals surface area (Å²) in [5.74, 6) is 0. The molecule has 0 aliphatic carbocycles. The van der Waals surface area contributed by atoms with Gasteiger partial charge in [-0.15, -0.1) is 0 Å². The summed E-state index contributed by atoms with van der Waals surface area (Å²) >= 11 is 0. The van der Waals surface area contributed by atoms with E-state index in [0.29, 0.717) is 11.3 Å². The number of benzene rings is 13. The van der Waals surface area contributed by atoms with Gasteiger partial charge in [-0.1, -0.05) is 239 Å². The van der Waals surface area contributed by atoms with Crippen LogP contribution in [0.3, 0.4) is 0 Å². The molecule has 7 heteroatoms. The molecule has 2 aromatic heterocycles. The van der Waals surface area contributed by atoms with E-state index >= 15 is 0 Å². The Balaban J connectivity index is 1.06. The number of hydrogen-bond donors (Lipinski definition) is 0. The number of nitrogens with zero attached hydrogens (tertiary/aromatic N) is 4. The molecule has 0 radical (unpaired) electrons. The Labute approximate surface area is 528 Å². The number of hydrogen-bond acceptors (Lipinski definition) is 5. The van der Waals surface area contributed by atoms with E-state index in [1.54, 1.807) is 0 Å².